The maximum Gasteiger partial charge on any atom is 0.225 e. The third-order valence-electron chi connectivity index (χ3n) is 2.83. The summed E-state index contributed by atoms with van der Waals surface area (Å²) >= 11 is 0. The fourth-order valence-electron chi connectivity index (χ4n) is 1.93. The molecular formula is C10H16N4O2S. The molecule has 0 spiro atoms. The van der Waals surface area contributed by atoms with Crippen LogP contribution in [0.1, 0.15) is 12.1 Å². The molecular weight excluding hydrogens is 240 g/mol. The Bertz CT molecular complexity index is 529. The number of nitrogens with two attached hydrogens (primary N) is 1. The molecule has 1 atom stereocenters. The van der Waals surface area contributed by atoms with Gasteiger partial charge in [0.25, 0.3) is 0 Å². The van der Waals surface area contributed by atoms with Crippen LogP contribution in [0.4, 0.5) is 5.95 Å². The molecule has 1 aliphatic rings. The minimum absolute atomic E-state index is 0.147. The zero-order chi connectivity index (χ0) is 12.6. The van der Waals surface area contributed by atoms with Crippen molar-refractivity contribution in [1.82, 2.24) is 9.97 Å². The summed E-state index contributed by atoms with van der Waals surface area (Å²) in [5.41, 5.74) is 6.29. The van der Waals surface area contributed by atoms with Gasteiger partial charge >= 0.3 is 0 Å². The summed E-state index contributed by atoms with van der Waals surface area (Å²) in [6.07, 6.45) is 3.44. The average Bonchev–Trinajstić information content (AvgIpc) is 2.62. The third-order valence-corrected chi connectivity index (χ3v) is 4.03. The van der Waals surface area contributed by atoms with Crippen molar-refractivity contribution in [2.24, 2.45) is 5.73 Å². The topological polar surface area (TPSA) is 89.2 Å². The number of hydrogen-bond acceptors (Lipinski definition) is 6. The van der Waals surface area contributed by atoms with Crippen molar-refractivity contribution in [2.45, 2.75) is 24.3 Å². The van der Waals surface area contributed by atoms with Crippen LogP contribution in [0.3, 0.4) is 0 Å². The highest BCUT2D eigenvalue weighted by atomic mass is 32.2. The van der Waals surface area contributed by atoms with E-state index in [4.69, 9.17) is 5.73 Å². The molecule has 0 bridgehead atoms. The lowest BCUT2D eigenvalue weighted by molar-refractivity contribution is 0.600. The van der Waals surface area contributed by atoms with E-state index < -0.39 is 9.84 Å². The van der Waals surface area contributed by atoms with Crippen LogP contribution in [-0.2, 0) is 9.84 Å². The van der Waals surface area contributed by atoms with E-state index in [0.29, 0.717) is 11.6 Å². The fourth-order valence-corrected chi connectivity index (χ4v) is 2.76. The molecule has 6 nitrogen and oxygen atoms in total. The molecule has 94 valence electrons. The first kappa shape index (κ1) is 12.3. The standard InChI is InChI=1S/C10H16N4O2S/c1-7-9(17(2,15)16)5-12-10(13-7)14-4-3-8(11)6-14/h5,8H,3-4,6,11H2,1-2H3. The Hall–Kier alpha value is -1.21. The van der Waals surface area contributed by atoms with Gasteiger partial charge in [0.1, 0.15) is 4.90 Å². The van der Waals surface area contributed by atoms with Gasteiger partial charge in [-0.25, -0.2) is 18.4 Å². The molecule has 1 aromatic rings. The molecule has 17 heavy (non-hydrogen) atoms. The Morgan fingerprint density at radius 1 is 1.53 bits per heavy atom. The van der Waals surface area contributed by atoms with E-state index in [1.165, 1.54) is 6.20 Å². The lowest BCUT2D eigenvalue weighted by atomic mass is 10.3. The van der Waals surface area contributed by atoms with Gasteiger partial charge in [0.2, 0.25) is 5.95 Å². The highest BCUT2D eigenvalue weighted by Gasteiger charge is 2.22. The van der Waals surface area contributed by atoms with Crippen molar-refractivity contribution in [3.63, 3.8) is 0 Å². The number of aromatic nitrogens is 2. The van der Waals surface area contributed by atoms with Crippen LogP contribution in [0.25, 0.3) is 0 Å². The highest BCUT2D eigenvalue weighted by Crippen LogP contribution is 2.18. The van der Waals surface area contributed by atoms with Crippen LogP contribution < -0.4 is 10.6 Å². The molecule has 0 saturated carbocycles. The van der Waals surface area contributed by atoms with E-state index in [0.717, 1.165) is 25.8 Å². The van der Waals surface area contributed by atoms with Crippen LogP contribution in [0, 0.1) is 6.92 Å². The molecule has 7 heteroatoms. The van der Waals surface area contributed by atoms with Gasteiger partial charge in [-0.05, 0) is 13.3 Å². The van der Waals surface area contributed by atoms with Crippen molar-refractivity contribution in [1.29, 1.82) is 0 Å². The summed E-state index contributed by atoms with van der Waals surface area (Å²) in [6.45, 7) is 3.22. The SMILES string of the molecule is Cc1nc(N2CCC(N)C2)ncc1S(C)(=O)=O. The van der Waals surface area contributed by atoms with Crippen LogP contribution in [0.2, 0.25) is 0 Å². The van der Waals surface area contributed by atoms with Gasteiger partial charge < -0.3 is 10.6 Å². The van der Waals surface area contributed by atoms with Gasteiger partial charge in [-0.15, -0.1) is 0 Å². The molecule has 2 heterocycles. The van der Waals surface area contributed by atoms with Crippen molar-refractivity contribution in [3.8, 4) is 0 Å². The largest absolute Gasteiger partial charge is 0.339 e. The normalized spacial score (nSPS) is 20.9. The van der Waals surface area contributed by atoms with Crippen LogP contribution in [-0.4, -0.2) is 43.8 Å². The van der Waals surface area contributed by atoms with Gasteiger partial charge in [-0.2, -0.15) is 0 Å². The highest BCUT2D eigenvalue weighted by molar-refractivity contribution is 7.90. The molecule has 1 fully saturated rings. The summed E-state index contributed by atoms with van der Waals surface area (Å²) in [4.78, 5) is 10.5. The zero-order valence-electron chi connectivity index (χ0n) is 9.92. The molecule has 2 rings (SSSR count). The van der Waals surface area contributed by atoms with E-state index in [1.54, 1.807) is 6.92 Å². The van der Waals surface area contributed by atoms with E-state index in [9.17, 15) is 8.42 Å². The van der Waals surface area contributed by atoms with Crippen LogP contribution >= 0.6 is 0 Å². The third kappa shape index (κ3) is 2.55. The Labute approximate surface area is 101 Å². The number of hydrogen-bond donors (Lipinski definition) is 1. The zero-order valence-corrected chi connectivity index (χ0v) is 10.7. The molecule has 2 N–H and O–H groups in total. The van der Waals surface area contributed by atoms with Gasteiger partial charge in [-0.3, -0.25) is 0 Å². The second-order valence-electron chi connectivity index (χ2n) is 4.39. The first-order valence-corrected chi connectivity index (χ1v) is 7.31. The van der Waals surface area contributed by atoms with Crippen molar-refractivity contribution in [3.05, 3.63) is 11.9 Å². The predicted molar refractivity (Wildman–Crippen MR) is 64.7 cm³/mol. The molecule has 0 amide bonds. The molecule has 1 aromatic heterocycles. The minimum atomic E-state index is -3.25. The monoisotopic (exact) mass is 256 g/mol. The van der Waals surface area contributed by atoms with Gasteiger partial charge in [0, 0.05) is 25.4 Å². The van der Waals surface area contributed by atoms with Gasteiger partial charge in [0.15, 0.2) is 9.84 Å². The molecule has 1 unspecified atom stereocenters. The lowest BCUT2D eigenvalue weighted by Crippen LogP contribution is -2.27. The number of aryl methyl sites for hydroxylation is 1. The Morgan fingerprint density at radius 2 is 2.24 bits per heavy atom. The number of rotatable bonds is 2. The molecule has 1 saturated heterocycles. The Morgan fingerprint density at radius 3 is 2.71 bits per heavy atom. The quantitative estimate of drug-likeness (QED) is 0.783. The van der Waals surface area contributed by atoms with Crippen LogP contribution in [0.5, 0.6) is 0 Å². The van der Waals surface area contributed by atoms with E-state index >= 15 is 0 Å². The second kappa shape index (κ2) is 4.23. The second-order valence-corrected chi connectivity index (χ2v) is 6.37. The van der Waals surface area contributed by atoms with Gasteiger partial charge in [0.05, 0.1) is 11.9 Å². The first-order valence-electron chi connectivity index (χ1n) is 5.42. The summed E-state index contributed by atoms with van der Waals surface area (Å²) < 4.78 is 22.8. The van der Waals surface area contributed by atoms with Crippen LogP contribution in [0.15, 0.2) is 11.1 Å². The summed E-state index contributed by atoms with van der Waals surface area (Å²) in [7, 11) is -3.25. The van der Waals surface area contributed by atoms with E-state index in [2.05, 4.69) is 9.97 Å². The average molecular weight is 256 g/mol. The fraction of sp³-hybridized carbons (Fsp3) is 0.600. The summed E-state index contributed by atoms with van der Waals surface area (Å²) in [5, 5.41) is 0. The lowest BCUT2D eigenvalue weighted by Gasteiger charge is -2.16. The predicted octanol–water partition coefficient (Wildman–Crippen LogP) is -0.274. The first-order chi connectivity index (χ1) is 7.88. The smallest absolute Gasteiger partial charge is 0.225 e. The van der Waals surface area contributed by atoms with E-state index in [-0.39, 0.29) is 10.9 Å². The maximum atomic E-state index is 11.4. The summed E-state index contributed by atoms with van der Waals surface area (Å²) in [5.74, 6) is 0.558. The molecule has 0 radical (unpaired) electrons. The summed E-state index contributed by atoms with van der Waals surface area (Å²) in [6, 6.07) is 0.147. The number of nitrogens with zero attached hydrogens (tertiary/aromatic N) is 3. The Kier molecular flexibility index (Phi) is 3.05. The van der Waals surface area contributed by atoms with Gasteiger partial charge in [-0.1, -0.05) is 0 Å². The van der Waals surface area contributed by atoms with E-state index in [1.807, 2.05) is 4.90 Å². The maximum absolute atomic E-state index is 11.4. The minimum Gasteiger partial charge on any atom is -0.339 e. The Balaban J connectivity index is 2.31. The molecule has 0 aliphatic carbocycles. The number of anilines is 1. The number of sulfone groups is 1. The van der Waals surface area contributed by atoms with Crippen molar-refractivity contribution in [2.75, 3.05) is 24.2 Å². The van der Waals surface area contributed by atoms with Crippen molar-refractivity contribution < 1.29 is 8.42 Å². The molecule has 1 aliphatic heterocycles. The van der Waals surface area contributed by atoms with Crippen molar-refractivity contribution >= 4 is 15.8 Å². The molecule has 0 aromatic carbocycles.